The van der Waals surface area contributed by atoms with Gasteiger partial charge in [0.2, 0.25) is 0 Å². The van der Waals surface area contributed by atoms with Crippen LogP contribution in [0.1, 0.15) is 18.6 Å². The number of carbonyl (C=O) groups excluding carboxylic acids is 1. The molecule has 17 heavy (non-hydrogen) atoms. The van der Waals surface area contributed by atoms with E-state index in [-0.39, 0.29) is 16.4 Å². The molecule has 0 heterocycles. The molecular formula is C11H12F2O3S. The fourth-order valence-corrected chi connectivity index (χ4v) is 1.83. The molecule has 0 aliphatic carbocycles. The van der Waals surface area contributed by atoms with Gasteiger partial charge >= 0.3 is 0 Å². The van der Waals surface area contributed by atoms with Crippen LogP contribution in [0.15, 0.2) is 18.2 Å². The minimum Gasteiger partial charge on any atom is -0.389 e. The van der Waals surface area contributed by atoms with Crippen molar-refractivity contribution in [3.8, 4) is 0 Å². The predicted molar refractivity (Wildman–Crippen MR) is 60.5 cm³/mol. The number of halogens is 2. The zero-order chi connectivity index (χ0) is 13.0. The lowest BCUT2D eigenvalue weighted by atomic mass is 10.0. The van der Waals surface area contributed by atoms with Crippen molar-refractivity contribution in [1.82, 2.24) is 0 Å². The Kier molecular flexibility index (Phi) is 5.04. The van der Waals surface area contributed by atoms with Crippen LogP contribution in [0.5, 0.6) is 0 Å². The Bertz CT molecular complexity index is 412. The van der Waals surface area contributed by atoms with Crippen molar-refractivity contribution in [2.75, 3.05) is 5.75 Å². The maximum Gasteiger partial charge on any atom is 0.185 e. The summed E-state index contributed by atoms with van der Waals surface area (Å²) in [5.74, 6) is -1.73. The maximum absolute atomic E-state index is 13.3. The molecule has 0 amide bonds. The summed E-state index contributed by atoms with van der Waals surface area (Å²) in [5.41, 5.74) is -0.192. The van der Waals surface area contributed by atoms with Crippen LogP contribution < -0.4 is 0 Å². The molecule has 6 heteroatoms. The average molecular weight is 262 g/mol. The van der Waals surface area contributed by atoms with Gasteiger partial charge in [0.1, 0.15) is 17.7 Å². The molecule has 2 unspecified atom stereocenters. The average Bonchev–Trinajstić information content (AvgIpc) is 2.25. The van der Waals surface area contributed by atoms with E-state index in [0.29, 0.717) is 6.07 Å². The van der Waals surface area contributed by atoms with Crippen LogP contribution in [0.25, 0.3) is 0 Å². The van der Waals surface area contributed by atoms with E-state index >= 15 is 0 Å². The highest BCUT2D eigenvalue weighted by Crippen LogP contribution is 2.23. The van der Waals surface area contributed by atoms with E-state index in [1.165, 1.54) is 6.92 Å². The third kappa shape index (κ3) is 4.07. The van der Waals surface area contributed by atoms with E-state index < -0.39 is 23.8 Å². The summed E-state index contributed by atoms with van der Waals surface area (Å²) in [4.78, 5) is 10.7. The number of hydrogen-bond donors (Lipinski definition) is 2. The number of rotatable bonds is 4. The normalized spacial score (nSPS) is 14.4. The molecule has 2 atom stereocenters. The van der Waals surface area contributed by atoms with Crippen LogP contribution in [0.2, 0.25) is 0 Å². The summed E-state index contributed by atoms with van der Waals surface area (Å²) in [6, 6.07) is 2.69. The van der Waals surface area contributed by atoms with Crippen LogP contribution >= 0.6 is 11.8 Å². The van der Waals surface area contributed by atoms with E-state index in [9.17, 15) is 23.8 Å². The lowest BCUT2D eigenvalue weighted by molar-refractivity contribution is -0.109. The number of benzene rings is 1. The van der Waals surface area contributed by atoms with Gasteiger partial charge in [0.15, 0.2) is 5.12 Å². The van der Waals surface area contributed by atoms with Crippen LogP contribution in [0.3, 0.4) is 0 Å². The van der Waals surface area contributed by atoms with Crippen LogP contribution in [-0.4, -0.2) is 27.2 Å². The summed E-state index contributed by atoms with van der Waals surface area (Å²) in [7, 11) is 0. The van der Waals surface area contributed by atoms with Gasteiger partial charge in [-0.2, -0.15) is 0 Å². The molecule has 0 saturated heterocycles. The molecule has 0 radical (unpaired) electrons. The van der Waals surface area contributed by atoms with Gasteiger partial charge in [0, 0.05) is 24.3 Å². The van der Waals surface area contributed by atoms with Crippen molar-refractivity contribution in [2.24, 2.45) is 0 Å². The summed E-state index contributed by atoms with van der Waals surface area (Å²) in [6.07, 6.45) is -2.77. The lowest BCUT2D eigenvalue weighted by Gasteiger charge is -2.17. The minimum atomic E-state index is -1.48. The first-order valence-electron chi connectivity index (χ1n) is 4.86. The topological polar surface area (TPSA) is 57.5 Å². The fourth-order valence-electron chi connectivity index (χ4n) is 1.24. The fraction of sp³-hybridized carbons (Fsp3) is 0.364. The Labute approximate surface area is 101 Å². The molecule has 0 fully saturated rings. The molecule has 0 aromatic heterocycles. The molecule has 0 aliphatic rings. The van der Waals surface area contributed by atoms with Crippen LogP contribution in [-0.2, 0) is 4.79 Å². The smallest absolute Gasteiger partial charge is 0.185 e. The third-order valence-corrected chi connectivity index (χ3v) is 3.02. The maximum atomic E-state index is 13.3. The summed E-state index contributed by atoms with van der Waals surface area (Å²) < 4.78 is 25.9. The van der Waals surface area contributed by atoms with Crippen LogP contribution in [0.4, 0.5) is 8.78 Å². The standard InChI is InChI=1S/C11H12F2O3S/c1-6(14)17-5-10(15)11(16)8-3-2-7(12)4-9(8)13/h2-4,10-11,15-16H,5H2,1H3. The highest BCUT2D eigenvalue weighted by molar-refractivity contribution is 8.13. The first kappa shape index (κ1) is 14.1. The number of thioether (sulfide) groups is 1. The zero-order valence-electron chi connectivity index (χ0n) is 9.06. The van der Waals surface area contributed by atoms with E-state index in [2.05, 4.69) is 0 Å². The number of aliphatic hydroxyl groups excluding tert-OH is 2. The Morgan fingerprint density at radius 3 is 2.59 bits per heavy atom. The SMILES string of the molecule is CC(=O)SCC(O)C(O)c1ccc(F)cc1F. The summed E-state index contributed by atoms with van der Waals surface area (Å²) in [5, 5.41) is 19.0. The van der Waals surface area contributed by atoms with Gasteiger partial charge in [-0.05, 0) is 6.07 Å². The van der Waals surface area contributed by atoms with E-state index in [1.54, 1.807) is 0 Å². The minimum absolute atomic E-state index is 0.0483. The molecule has 1 rings (SSSR count). The number of carbonyl (C=O) groups is 1. The molecule has 0 saturated carbocycles. The van der Waals surface area contributed by atoms with Gasteiger partial charge in [0.05, 0.1) is 6.10 Å². The summed E-state index contributed by atoms with van der Waals surface area (Å²) >= 11 is 0.826. The Morgan fingerprint density at radius 2 is 2.06 bits per heavy atom. The Morgan fingerprint density at radius 1 is 1.41 bits per heavy atom. The highest BCUT2D eigenvalue weighted by Gasteiger charge is 2.22. The molecule has 0 aliphatic heterocycles. The van der Waals surface area contributed by atoms with Crippen molar-refractivity contribution in [2.45, 2.75) is 19.1 Å². The van der Waals surface area contributed by atoms with Gasteiger partial charge < -0.3 is 10.2 Å². The van der Waals surface area contributed by atoms with E-state index in [0.717, 1.165) is 23.9 Å². The molecule has 1 aromatic rings. The quantitative estimate of drug-likeness (QED) is 0.866. The second-order valence-electron chi connectivity index (χ2n) is 3.48. The molecule has 0 spiro atoms. The lowest BCUT2D eigenvalue weighted by Crippen LogP contribution is -2.22. The number of hydrogen-bond acceptors (Lipinski definition) is 4. The monoisotopic (exact) mass is 262 g/mol. The van der Waals surface area contributed by atoms with Gasteiger partial charge in [-0.25, -0.2) is 8.78 Å². The molecule has 1 aromatic carbocycles. The van der Waals surface area contributed by atoms with Crippen molar-refractivity contribution >= 4 is 16.9 Å². The first-order chi connectivity index (χ1) is 7.91. The molecule has 2 N–H and O–H groups in total. The molecule has 3 nitrogen and oxygen atoms in total. The predicted octanol–water partition coefficient (Wildman–Crippen LogP) is 1.64. The second kappa shape index (κ2) is 6.09. The first-order valence-corrected chi connectivity index (χ1v) is 5.85. The summed E-state index contributed by atoms with van der Waals surface area (Å²) in [6.45, 7) is 1.32. The second-order valence-corrected chi connectivity index (χ2v) is 4.68. The Balaban J connectivity index is 2.74. The van der Waals surface area contributed by atoms with Gasteiger partial charge in [-0.3, -0.25) is 4.79 Å². The molecule has 94 valence electrons. The van der Waals surface area contributed by atoms with Gasteiger partial charge in [-0.1, -0.05) is 17.8 Å². The molecular weight excluding hydrogens is 250 g/mol. The largest absolute Gasteiger partial charge is 0.389 e. The molecule has 0 bridgehead atoms. The van der Waals surface area contributed by atoms with Crippen molar-refractivity contribution in [3.63, 3.8) is 0 Å². The van der Waals surface area contributed by atoms with Crippen LogP contribution in [0, 0.1) is 11.6 Å². The zero-order valence-corrected chi connectivity index (χ0v) is 9.88. The third-order valence-electron chi connectivity index (χ3n) is 2.10. The van der Waals surface area contributed by atoms with Crippen molar-refractivity contribution < 1.29 is 23.8 Å². The van der Waals surface area contributed by atoms with E-state index in [4.69, 9.17) is 0 Å². The van der Waals surface area contributed by atoms with E-state index in [1.807, 2.05) is 0 Å². The number of aliphatic hydroxyl groups is 2. The van der Waals surface area contributed by atoms with Crippen molar-refractivity contribution in [1.29, 1.82) is 0 Å². The van der Waals surface area contributed by atoms with Gasteiger partial charge in [-0.15, -0.1) is 0 Å². The van der Waals surface area contributed by atoms with Crippen molar-refractivity contribution in [3.05, 3.63) is 35.4 Å². The Hall–Kier alpha value is -0.980. The highest BCUT2D eigenvalue weighted by atomic mass is 32.2. The van der Waals surface area contributed by atoms with Gasteiger partial charge in [0.25, 0.3) is 0 Å².